The number of H-pyrrole nitrogens is 2. The molecule has 0 unspecified atom stereocenters. The summed E-state index contributed by atoms with van der Waals surface area (Å²) in [6.45, 7) is 17.4. The lowest BCUT2D eigenvalue weighted by molar-refractivity contribution is 0.234. The Kier molecular flexibility index (Phi) is 51.9. The van der Waals surface area contributed by atoms with Crippen LogP contribution in [0.4, 0.5) is 0 Å². The van der Waals surface area contributed by atoms with Crippen LogP contribution < -0.4 is 28.4 Å². The predicted molar refractivity (Wildman–Crippen MR) is 496 cm³/mol. The molecule has 0 saturated heterocycles. The second-order valence-electron chi connectivity index (χ2n) is 32.9. The van der Waals surface area contributed by atoms with Crippen LogP contribution in [0.2, 0.25) is 0 Å². The van der Waals surface area contributed by atoms with E-state index >= 15 is 0 Å². The SMILES string of the molecule is CCCCCCCCCCCOc1cc(C#CC#Cc2c3nc(cc4ccc([nH]4)c(C#CC#Cc4cc(OCCCCCCCCCCC)c(OCCCCCCCCCCC)c(OCCCCCCCCCCC)c4)c4ccc(cc5nc2C=C5)[nH]4)C=C3)cc(OCCCCCCCCCCC)c1OCCCCCCCCCCC. The van der Waals surface area contributed by atoms with Crippen LogP contribution in [0.25, 0.3) is 46.4 Å². The van der Waals surface area contributed by atoms with Gasteiger partial charge in [0, 0.05) is 22.2 Å². The second kappa shape index (κ2) is 63.2. The Labute approximate surface area is 706 Å². The van der Waals surface area contributed by atoms with Crippen molar-refractivity contribution in [2.45, 2.75) is 388 Å². The third-order valence-electron chi connectivity index (χ3n) is 22.4. The molecule has 0 amide bonds. The number of hydrogen-bond acceptors (Lipinski definition) is 8. The number of nitrogens with zero attached hydrogens (tertiary/aromatic N) is 2. The van der Waals surface area contributed by atoms with Crippen LogP contribution in [-0.4, -0.2) is 59.6 Å². The van der Waals surface area contributed by atoms with Gasteiger partial charge in [0.15, 0.2) is 23.0 Å². The minimum atomic E-state index is 0.607. The molecule has 7 rings (SSSR count). The minimum Gasteiger partial charge on any atom is -0.490 e. The van der Waals surface area contributed by atoms with Crippen LogP contribution in [0, 0.1) is 47.4 Å². The highest BCUT2D eigenvalue weighted by molar-refractivity contribution is 5.84. The molecule has 5 aromatic rings. The molecule has 10 nitrogen and oxygen atoms in total. The first-order valence-corrected chi connectivity index (χ1v) is 47.7. The van der Waals surface area contributed by atoms with Gasteiger partial charge in [-0.3, -0.25) is 0 Å². The van der Waals surface area contributed by atoms with Crippen molar-refractivity contribution in [1.82, 2.24) is 19.9 Å². The largest absolute Gasteiger partial charge is 0.490 e. The summed E-state index contributed by atoms with van der Waals surface area (Å²) in [7, 11) is 0. The normalized spacial score (nSPS) is 11.4. The number of aromatic nitrogens is 4. The number of fused-ring (bicyclic) bond motifs is 8. The van der Waals surface area contributed by atoms with Crippen LogP contribution in [0.1, 0.15) is 433 Å². The quantitative estimate of drug-likeness (QED) is 0.0286. The first kappa shape index (κ1) is 95.2. The number of benzene rings is 2. The molecule has 5 heterocycles. The molecule has 10 heteroatoms. The Morgan fingerprint density at radius 1 is 0.241 bits per heavy atom. The van der Waals surface area contributed by atoms with E-state index in [1.165, 1.54) is 270 Å². The minimum absolute atomic E-state index is 0.607. The average Bonchev–Trinajstić information content (AvgIpc) is 1.83. The van der Waals surface area contributed by atoms with Gasteiger partial charge in [-0.25, -0.2) is 9.97 Å². The van der Waals surface area contributed by atoms with E-state index in [9.17, 15) is 0 Å². The maximum atomic E-state index is 6.74. The lowest BCUT2D eigenvalue weighted by atomic mass is 10.1. The molecule has 0 spiro atoms. The van der Waals surface area contributed by atoms with Crippen molar-refractivity contribution < 1.29 is 28.4 Å². The molecule has 2 aliphatic heterocycles. The Bertz CT molecular complexity index is 3810. The van der Waals surface area contributed by atoms with E-state index in [0.29, 0.717) is 91.1 Å². The van der Waals surface area contributed by atoms with Gasteiger partial charge in [-0.05, 0) is 159 Å². The monoisotopic (exact) mass is 1580 g/mol. The van der Waals surface area contributed by atoms with E-state index in [2.05, 4.69) is 135 Å². The zero-order valence-electron chi connectivity index (χ0n) is 73.9. The molecule has 3 aromatic heterocycles. The highest BCUT2D eigenvalue weighted by atomic mass is 16.5. The first-order chi connectivity index (χ1) is 57.4. The van der Waals surface area contributed by atoms with Crippen molar-refractivity contribution in [2.24, 2.45) is 0 Å². The second-order valence-corrected chi connectivity index (χ2v) is 32.9. The van der Waals surface area contributed by atoms with Crippen molar-refractivity contribution in [1.29, 1.82) is 0 Å². The summed E-state index contributed by atoms with van der Waals surface area (Å²) >= 11 is 0. The third kappa shape index (κ3) is 40.5. The van der Waals surface area contributed by atoms with Crippen molar-refractivity contribution in [3.05, 3.63) is 106 Å². The van der Waals surface area contributed by atoms with Crippen molar-refractivity contribution in [3.8, 4) is 81.9 Å². The summed E-state index contributed by atoms with van der Waals surface area (Å²) in [5.74, 6) is 30.9. The Morgan fingerprint density at radius 2 is 0.474 bits per heavy atom. The van der Waals surface area contributed by atoms with Crippen LogP contribution in [0.5, 0.6) is 34.5 Å². The number of nitrogens with one attached hydrogen (secondary N) is 2. The van der Waals surface area contributed by atoms with Gasteiger partial charge in [0.05, 0.1) is 84.6 Å². The molecule has 634 valence electrons. The lowest BCUT2D eigenvalue weighted by Gasteiger charge is -2.18. The molecule has 0 aliphatic carbocycles. The lowest BCUT2D eigenvalue weighted by Crippen LogP contribution is -2.07. The van der Waals surface area contributed by atoms with Crippen LogP contribution in [0.15, 0.2) is 60.7 Å². The van der Waals surface area contributed by atoms with Gasteiger partial charge in [0.1, 0.15) is 0 Å². The van der Waals surface area contributed by atoms with Crippen molar-refractivity contribution >= 4 is 46.4 Å². The Morgan fingerprint density at radius 3 is 0.741 bits per heavy atom. The van der Waals surface area contributed by atoms with Crippen molar-refractivity contribution in [2.75, 3.05) is 39.6 Å². The van der Waals surface area contributed by atoms with Gasteiger partial charge in [-0.2, -0.15) is 0 Å². The maximum absolute atomic E-state index is 6.74. The standard InChI is InChI=1S/C106H154N4O6/c1-7-13-19-25-31-37-43-49-59-77-111-101-83-89(84-102(112-78-60-50-44-38-32-26-20-14-8-2)105(101)115-81-63-53-47-41-35-29-23-17-11-5)65-55-57-67-95-97-73-69-91(107-97)87-93-71-75-99(109-93)96(100-76-72-94(110-100)88-92-70-74-98(95)108-92)68-58-56-66-90-85-103(113-79-61-51-45-39-33-27-21-15-9-3)106(116-82-64-54-48-42-36-30-24-18-12-6)104(86-90)114-80-62-52-46-40-34-28-22-16-10-4/h69-76,83-88,107-108H,7-54,59-64,77-82H2,1-6H3. The first-order valence-electron chi connectivity index (χ1n) is 47.7. The number of unbranched alkanes of at least 4 members (excludes halogenated alkanes) is 48. The molecular formula is C106H154N4O6. The fourth-order valence-corrected chi connectivity index (χ4v) is 15.3. The third-order valence-corrected chi connectivity index (χ3v) is 22.4. The molecule has 8 bridgehead atoms. The zero-order valence-corrected chi connectivity index (χ0v) is 73.9. The van der Waals surface area contributed by atoms with Crippen LogP contribution >= 0.6 is 0 Å². The van der Waals surface area contributed by atoms with E-state index in [-0.39, 0.29) is 0 Å². The van der Waals surface area contributed by atoms with Gasteiger partial charge < -0.3 is 38.4 Å². The van der Waals surface area contributed by atoms with E-state index in [4.69, 9.17) is 38.4 Å². The molecule has 116 heavy (non-hydrogen) atoms. The van der Waals surface area contributed by atoms with Gasteiger partial charge in [0.25, 0.3) is 0 Å². The topological polar surface area (TPSA) is 113 Å². The molecule has 0 saturated carbocycles. The van der Waals surface area contributed by atoms with Gasteiger partial charge in [-0.1, -0.05) is 362 Å². The van der Waals surface area contributed by atoms with Gasteiger partial charge in [-0.15, -0.1) is 0 Å². The van der Waals surface area contributed by atoms with E-state index in [1.807, 2.05) is 48.6 Å². The number of hydrogen-bond donors (Lipinski definition) is 2. The summed E-state index contributed by atoms with van der Waals surface area (Å²) in [5, 5.41) is 0. The molecule has 0 fully saturated rings. The summed E-state index contributed by atoms with van der Waals surface area (Å²) in [6, 6.07) is 20.5. The molecule has 0 radical (unpaired) electrons. The summed E-state index contributed by atoms with van der Waals surface area (Å²) in [6.07, 6.45) is 75.6. The Hall–Kier alpha value is -7.92. The predicted octanol–water partition coefficient (Wildman–Crippen LogP) is 30.9. The molecule has 2 N–H and O–H groups in total. The zero-order chi connectivity index (χ0) is 81.4. The average molecular weight is 1580 g/mol. The highest BCUT2D eigenvalue weighted by Gasteiger charge is 2.19. The van der Waals surface area contributed by atoms with Crippen LogP contribution in [-0.2, 0) is 0 Å². The summed E-state index contributed by atoms with van der Waals surface area (Å²) < 4.78 is 40.4. The Balaban J connectivity index is 1.16. The van der Waals surface area contributed by atoms with Gasteiger partial charge >= 0.3 is 0 Å². The maximum Gasteiger partial charge on any atom is 0.203 e. The van der Waals surface area contributed by atoms with E-state index < -0.39 is 0 Å². The number of ether oxygens (including phenoxy) is 6. The van der Waals surface area contributed by atoms with Crippen LogP contribution in [0.3, 0.4) is 0 Å². The molecular weight excluding hydrogens is 1430 g/mol. The molecule has 0 atom stereocenters. The smallest absolute Gasteiger partial charge is 0.203 e. The molecule has 2 aliphatic rings. The van der Waals surface area contributed by atoms with Crippen molar-refractivity contribution in [3.63, 3.8) is 0 Å². The van der Waals surface area contributed by atoms with E-state index in [1.54, 1.807) is 0 Å². The summed E-state index contributed by atoms with van der Waals surface area (Å²) in [4.78, 5) is 17.7. The van der Waals surface area contributed by atoms with Gasteiger partial charge in [0.2, 0.25) is 11.5 Å². The number of aromatic amines is 2. The fraction of sp³-hybridized carbons (Fsp3) is 0.623. The highest BCUT2D eigenvalue weighted by Crippen LogP contribution is 2.42. The van der Waals surface area contributed by atoms with E-state index in [0.717, 1.165) is 127 Å². The molecule has 2 aromatic carbocycles. The fourth-order valence-electron chi connectivity index (χ4n) is 15.3. The summed E-state index contributed by atoms with van der Waals surface area (Å²) in [5.41, 5.74) is 9.47. The number of rotatable bonds is 66.